The number of benzene rings is 1. The molecule has 2 rings (SSSR count). The highest BCUT2D eigenvalue weighted by molar-refractivity contribution is 6.31. The van der Waals surface area contributed by atoms with Crippen LogP contribution in [0.15, 0.2) is 18.2 Å². The van der Waals surface area contributed by atoms with Crippen LogP contribution in [0.5, 0.6) is 0 Å². The summed E-state index contributed by atoms with van der Waals surface area (Å²) in [6, 6.07) is 5.33. The van der Waals surface area contributed by atoms with Crippen LogP contribution in [0.25, 0.3) is 0 Å². The van der Waals surface area contributed by atoms with Crippen LogP contribution < -0.4 is 5.32 Å². The van der Waals surface area contributed by atoms with Crippen LogP contribution in [0.2, 0.25) is 5.02 Å². The number of hydrogen-bond donors (Lipinski definition) is 1. The van der Waals surface area contributed by atoms with Crippen molar-refractivity contribution in [2.24, 2.45) is 0 Å². The maximum atomic E-state index is 14.3. The van der Waals surface area contributed by atoms with Crippen LogP contribution in [0.3, 0.4) is 0 Å². The molecule has 1 aromatic heterocycles. The Labute approximate surface area is 130 Å². The molecule has 0 spiro atoms. The monoisotopic (exact) mass is 309 g/mol. The fourth-order valence-corrected chi connectivity index (χ4v) is 2.78. The third-order valence-electron chi connectivity index (χ3n) is 3.80. The first-order valence-electron chi connectivity index (χ1n) is 7.13. The third-order valence-corrected chi connectivity index (χ3v) is 4.29. The van der Waals surface area contributed by atoms with Crippen molar-refractivity contribution in [1.82, 2.24) is 15.1 Å². The lowest BCUT2D eigenvalue weighted by atomic mass is 9.99. The van der Waals surface area contributed by atoms with E-state index in [1.807, 2.05) is 37.7 Å². The summed E-state index contributed by atoms with van der Waals surface area (Å²) in [5, 5.41) is 8.27. The van der Waals surface area contributed by atoms with E-state index in [9.17, 15) is 4.39 Å². The van der Waals surface area contributed by atoms with Crippen LogP contribution in [0.4, 0.5) is 4.39 Å². The maximum Gasteiger partial charge on any atom is 0.130 e. The average molecular weight is 310 g/mol. The highest BCUT2D eigenvalue weighted by atomic mass is 35.5. The summed E-state index contributed by atoms with van der Waals surface area (Å²) in [5.41, 5.74) is 3.07. The molecule has 1 atom stereocenters. The van der Waals surface area contributed by atoms with Crippen molar-refractivity contribution < 1.29 is 4.39 Å². The van der Waals surface area contributed by atoms with Gasteiger partial charge in [0.25, 0.3) is 0 Å². The summed E-state index contributed by atoms with van der Waals surface area (Å²) >= 11 is 6.35. The van der Waals surface area contributed by atoms with Gasteiger partial charge in [-0.25, -0.2) is 4.39 Å². The second-order valence-corrected chi connectivity index (χ2v) is 5.56. The van der Waals surface area contributed by atoms with Crippen molar-refractivity contribution in [2.75, 3.05) is 7.05 Å². The van der Waals surface area contributed by atoms with Crippen molar-refractivity contribution >= 4 is 11.6 Å². The number of nitrogens with zero attached hydrogens (tertiary/aromatic N) is 2. The van der Waals surface area contributed by atoms with E-state index < -0.39 is 0 Å². The Balaban J connectivity index is 2.38. The van der Waals surface area contributed by atoms with Gasteiger partial charge in [0.05, 0.1) is 16.4 Å². The van der Waals surface area contributed by atoms with Crippen molar-refractivity contribution in [3.8, 4) is 0 Å². The Kier molecular flexibility index (Phi) is 5.01. The quantitative estimate of drug-likeness (QED) is 0.910. The predicted molar refractivity (Wildman–Crippen MR) is 84.3 cm³/mol. The second-order valence-electron chi connectivity index (χ2n) is 5.19. The zero-order valence-corrected chi connectivity index (χ0v) is 13.6. The Hall–Kier alpha value is -1.39. The highest BCUT2D eigenvalue weighted by Crippen LogP contribution is 2.28. The van der Waals surface area contributed by atoms with Gasteiger partial charge in [-0.05, 0) is 33.4 Å². The summed E-state index contributed by atoms with van der Waals surface area (Å²) in [6.07, 6.45) is 0.602. The standard InChI is InChI=1S/C16H21ClFN3/c1-5-21-14(15(17)11(3)20-21)9-13(19-4)12-8-6-7-10(2)16(12)18/h6-8,13,19H,5,9H2,1-4H3. The van der Waals surface area contributed by atoms with Crippen molar-refractivity contribution in [3.63, 3.8) is 0 Å². The van der Waals surface area contributed by atoms with Gasteiger partial charge in [-0.1, -0.05) is 29.8 Å². The molecule has 5 heteroatoms. The Morgan fingerprint density at radius 2 is 2.10 bits per heavy atom. The topological polar surface area (TPSA) is 29.9 Å². The minimum atomic E-state index is -0.160. The van der Waals surface area contributed by atoms with Crippen LogP contribution in [-0.2, 0) is 13.0 Å². The number of aryl methyl sites for hydroxylation is 3. The molecule has 0 amide bonds. The summed E-state index contributed by atoms with van der Waals surface area (Å²) in [5.74, 6) is -0.160. The Morgan fingerprint density at radius 1 is 1.38 bits per heavy atom. The van der Waals surface area contributed by atoms with Gasteiger partial charge in [0.15, 0.2) is 0 Å². The minimum Gasteiger partial charge on any atom is -0.313 e. The summed E-state index contributed by atoms with van der Waals surface area (Å²) in [4.78, 5) is 0. The van der Waals surface area contributed by atoms with Crippen LogP contribution in [0.1, 0.15) is 35.5 Å². The molecule has 0 saturated carbocycles. The highest BCUT2D eigenvalue weighted by Gasteiger charge is 2.21. The molecular weight excluding hydrogens is 289 g/mol. The predicted octanol–water partition coefficient (Wildman–Crippen LogP) is 3.82. The van der Waals surface area contributed by atoms with Crippen molar-refractivity contribution in [2.45, 2.75) is 39.8 Å². The lowest BCUT2D eigenvalue weighted by Gasteiger charge is -2.19. The molecule has 1 N–H and O–H groups in total. The van der Waals surface area contributed by atoms with Gasteiger partial charge in [-0.15, -0.1) is 0 Å². The molecule has 114 valence electrons. The summed E-state index contributed by atoms with van der Waals surface area (Å²) < 4.78 is 16.2. The number of nitrogens with one attached hydrogen (secondary N) is 1. The van der Waals surface area contributed by atoms with Crippen molar-refractivity contribution in [1.29, 1.82) is 0 Å². The van der Waals surface area contributed by atoms with E-state index in [2.05, 4.69) is 10.4 Å². The van der Waals surface area contributed by atoms with Gasteiger partial charge in [0.1, 0.15) is 5.82 Å². The molecule has 0 radical (unpaired) electrons. The largest absolute Gasteiger partial charge is 0.313 e. The lowest BCUT2D eigenvalue weighted by molar-refractivity contribution is 0.508. The van der Waals surface area contributed by atoms with Gasteiger partial charge in [0.2, 0.25) is 0 Å². The smallest absolute Gasteiger partial charge is 0.130 e. The normalized spacial score (nSPS) is 12.7. The van der Waals surface area contributed by atoms with Gasteiger partial charge in [-0.2, -0.15) is 5.10 Å². The van der Waals surface area contributed by atoms with Crippen molar-refractivity contribution in [3.05, 3.63) is 51.6 Å². The third kappa shape index (κ3) is 3.11. The Bertz CT molecular complexity index is 637. The maximum absolute atomic E-state index is 14.3. The molecule has 1 heterocycles. The number of likely N-dealkylation sites (N-methyl/N-ethyl adjacent to an activating group) is 1. The van der Waals surface area contributed by atoms with E-state index >= 15 is 0 Å². The van der Waals surface area contributed by atoms with Gasteiger partial charge in [0, 0.05) is 24.6 Å². The Morgan fingerprint density at radius 3 is 2.71 bits per heavy atom. The molecule has 3 nitrogen and oxygen atoms in total. The van der Waals surface area contributed by atoms with E-state index in [4.69, 9.17) is 11.6 Å². The van der Waals surface area contributed by atoms with E-state index in [0.29, 0.717) is 22.6 Å². The first kappa shape index (κ1) is 16.0. The first-order chi connectivity index (χ1) is 9.99. The van der Waals surface area contributed by atoms with E-state index in [1.165, 1.54) is 0 Å². The molecule has 2 aromatic rings. The second kappa shape index (κ2) is 6.58. The summed E-state index contributed by atoms with van der Waals surface area (Å²) in [6.45, 7) is 6.43. The fraction of sp³-hybridized carbons (Fsp3) is 0.438. The van der Waals surface area contributed by atoms with Crippen LogP contribution in [-0.4, -0.2) is 16.8 Å². The molecule has 1 aromatic carbocycles. The van der Waals surface area contributed by atoms with E-state index in [-0.39, 0.29) is 11.9 Å². The average Bonchev–Trinajstić information content (AvgIpc) is 2.75. The van der Waals surface area contributed by atoms with Gasteiger partial charge < -0.3 is 5.32 Å². The molecule has 0 fully saturated rings. The minimum absolute atomic E-state index is 0.135. The lowest BCUT2D eigenvalue weighted by Crippen LogP contribution is -2.22. The molecule has 0 saturated heterocycles. The SMILES string of the molecule is CCn1nc(C)c(Cl)c1CC(NC)c1cccc(C)c1F. The first-order valence-corrected chi connectivity index (χ1v) is 7.51. The molecular formula is C16H21ClFN3. The van der Waals surface area contributed by atoms with Crippen LogP contribution in [0, 0.1) is 19.7 Å². The van der Waals surface area contributed by atoms with Gasteiger partial charge >= 0.3 is 0 Å². The summed E-state index contributed by atoms with van der Waals surface area (Å²) in [7, 11) is 1.83. The zero-order chi connectivity index (χ0) is 15.6. The molecule has 0 aliphatic carbocycles. The van der Waals surface area contributed by atoms with E-state index in [0.717, 1.165) is 17.9 Å². The van der Waals surface area contributed by atoms with E-state index in [1.54, 1.807) is 13.0 Å². The fourth-order valence-electron chi connectivity index (χ4n) is 2.56. The number of hydrogen-bond acceptors (Lipinski definition) is 2. The molecule has 0 aliphatic rings. The molecule has 0 aliphatic heterocycles. The molecule has 0 bridgehead atoms. The molecule has 21 heavy (non-hydrogen) atoms. The molecule has 1 unspecified atom stereocenters. The zero-order valence-electron chi connectivity index (χ0n) is 12.9. The van der Waals surface area contributed by atoms with Crippen LogP contribution >= 0.6 is 11.6 Å². The number of rotatable bonds is 5. The number of halogens is 2. The van der Waals surface area contributed by atoms with Gasteiger partial charge in [-0.3, -0.25) is 4.68 Å². The number of aromatic nitrogens is 2.